The Labute approximate surface area is 140 Å². The van der Waals surface area contributed by atoms with Crippen LogP contribution >= 0.6 is 11.6 Å². The predicted molar refractivity (Wildman–Crippen MR) is 88.9 cm³/mol. The van der Waals surface area contributed by atoms with Gasteiger partial charge in [-0.25, -0.2) is 0 Å². The monoisotopic (exact) mass is 334 g/mol. The molecular formula is C17H19ClN2O3. The van der Waals surface area contributed by atoms with E-state index in [-0.39, 0.29) is 12.0 Å². The highest BCUT2D eigenvalue weighted by Gasteiger charge is 2.32. The van der Waals surface area contributed by atoms with E-state index in [4.69, 9.17) is 21.1 Å². The topological polar surface area (TPSA) is 51.7 Å². The predicted octanol–water partition coefficient (Wildman–Crippen LogP) is 2.77. The minimum Gasteiger partial charge on any atom is -0.385 e. The maximum atomic E-state index is 12.7. The van der Waals surface area contributed by atoms with Crippen LogP contribution in [0.2, 0.25) is 5.02 Å². The molecule has 1 amide bonds. The Morgan fingerprint density at radius 1 is 1.35 bits per heavy atom. The van der Waals surface area contributed by atoms with Gasteiger partial charge in [0.05, 0.1) is 16.6 Å². The molecule has 0 atom stereocenters. The third-order valence-corrected chi connectivity index (χ3v) is 4.24. The van der Waals surface area contributed by atoms with Crippen LogP contribution in [-0.4, -0.2) is 55.3 Å². The van der Waals surface area contributed by atoms with Gasteiger partial charge in [0.25, 0.3) is 5.91 Å². The smallest absolute Gasteiger partial charge is 0.254 e. The molecule has 23 heavy (non-hydrogen) atoms. The first-order chi connectivity index (χ1) is 11.2. The molecule has 5 nitrogen and oxygen atoms in total. The van der Waals surface area contributed by atoms with Crippen LogP contribution in [0.1, 0.15) is 16.8 Å². The summed E-state index contributed by atoms with van der Waals surface area (Å²) in [4.78, 5) is 18.7. The van der Waals surface area contributed by atoms with Crippen molar-refractivity contribution in [2.75, 3.05) is 33.4 Å². The molecule has 1 aliphatic rings. The van der Waals surface area contributed by atoms with E-state index in [1.54, 1.807) is 30.3 Å². The molecule has 1 aromatic heterocycles. The zero-order chi connectivity index (χ0) is 16.2. The van der Waals surface area contributed by atoms with Gasteiger partial charge in [0, 0.05) is 50.6 Å². The highest BCUT2D eigenvalue weighted by molar-refractivity contribution is 6.35. The fourth-order valence-corrected chi connectivity index (χ4v) is 2.87. The zero-order valence-electron chi connectivity index (χ0n) is 13.0. The number of benzene rings is 1. The van der Waals surface area contributed by atoms with Crippen molar-refractivity contribution in [1.82, 2.24) is 9.88 Å². The van der Waals surface area contributed by atoms with Gasteiger partial charge in [-0.2, -0.15) is 0 Å². The molecule has 0 aliphatic carbocycles. The second-order valence-electron chi connectivity index (χ2n) is 5.54. The summed E-state index contributed by atoms with van der Waals surface area (Å²) in [6, 6.07) is 7.18. The molecule has 1 fully saturated rings. The average Bonchev–Trinajstić information content (AvgIpc) is 2.53. The van der Waals surface area contributed by atoms with Crippen molar-refractivity contribution in [2.45, 2.75) is 12.5 Å². The van der Waals surface area contributed by atoms with Crippen LogP contribution in [0.25, 0.3) is 10.9 Å². The van der Waals surface area contributed by atoms with Crippen molar-refractivity contribution in [3.63, 3.8) is 0 Å². The lowest BCUT2D eigenvalue weighted by Crippen LogP contribution is -2.54. The number of pyridine rings is 1. The standard InChI is InChI=1S/C17H19ClN2O3/c1-22-8-3-9-23-12-10-20(11-12)17(21)14-5-6-15(18)16-13(14)4-2-7-19-16/h2,4-7,12H,3,8-11H2,1H3. The maximum absolute atomic E-state index is 12.7. The molecule has 0 saturated carbocycles. The number of methoxy groups -OCH3 is 1. The summed E-state index contributed by atoms with van der Waals surface area (Å²) in [5.74, 6) is -0.00333. The Kier molecular flexibility index (Phi) is 5.10. The first-order valence-corrected chi connectivity index (χ1v) is 8.01. The van der Waals surface area contributed by atoms with Gasteiger partial charge in [-0.15, -0.1) is 0 Å². The first kappa shape index (κ1) is 16.2. The van der Waals surface area contributed by atoms with Gasteiger partial charge < -0.3 is 14.4 Å². The Bertz CT molecular complexity index is 701. The van der Waals surface area contributed by atoms with Gasteiger partial charge in [0.15, 0.2) is 0 Å². The summed E-state index contributed by atoms with van der Waals surface area (Å²) >= 11 is 6.15. The van der Waals surface area contributed by atoms with Crippen molar-refractivity contribution >= 4 is 28.4 Å². The number of carbonyl (C=O) groups is 1. The molecular weight excluding hydrogens is 316 g/mol. The summed E-state index contributed by atoms with van der Waals surface area (Å²) in [6.07, 6.45) is 2.66. The lowest BCUT2D eigenvalue weighted by atomic mass is 10.0. The number of fused-ring (bicyclic) bond motifs is 1. The summed E-state index contributed by atoms with van der Waals surface area (Å²) in [6.45, 7) is 2.60. The third kappa shape index (κ3) is 3.47. The highest BCUT2D eigenvalue weighted by atomic mass is 35.5. The van der Waals surface area contributed by atoms with Crippen LogP contribution in [-0.2, 0) is 9.47 Å². The number of hydrogen-bond donors (Lipinski definition) is 0. The third-order valence-electron chi connectivity index (χ3n) is 3.93. The van der Waals surface area contributed by atoms with E-state index >= 15 is 0 Å². The summed E-state index contributed by atoms with van der Waals surface area (Å²) in [5.41, 5.74) is 1.29. The van der Waals surface area contributed by atoms with E-state index in [0.717, 1.165) is 11.8 Å². The van der Waals surface area contributed by atoms with Gasteiger partial charge in [0.2, 0.25) is 0 Å². The molecule has 3 rings (SSSR count). The molecule has 1 saturated heterocycles. The van der Waals surface area contributed by atoms with Crippen LogP contribution in [0.5, 0.6) is 0 Å². The normalized spacial score (nSPS) is 15.0. The van der Waals surface area contributed by atoms with Gasteiger partial charge in [0.1, 0.15) is 0 Å². The van der Waals surface area contributed by atoms with E-state index in [9.17, 15) is 4.79 Å². The molecule has 0 unspecified atom stereocenters. The first-order valence-electron chi connectivity index (χ1n) is 7.63. The molecule has 0 bridgehead atoms. The second-order valence-corrected chi connectivity index (χ2v) is 5.95. The largest absolute Gasteiger partial charge is 0.385 e. The second kappa shape index (κ2) is 7.25. The fourth-order valence-electron chi connectivity index (χ4n) is 2.66. The minimum atomic E-state index is -0.00333. The van der Waals surface area contributed by atoms with Gasteiger partial charge >= 0.3 is 0 Å². The summed E-state index contributed by atoms with van der Waals surface area (Å²) in [7, 11) is 1.68. The number of halogens is 1. The van der Waals surface area contributed by atoms with E-state index in [1.807, 2.05) is 12.1 Å². The Morgan fingerprint density at radius 2 is 2.17 bits per heavy atom. The molecule has 0 radical (unpaired) electrons. The van der Waals surface area contributed by atoms with Crippen molar-refractivity contribution < 1.29 is 14.3 Å². The number of aromatic nitrogens is 1. The Morgan fingerprint density at radius 3 is 2.96 bits per heavy atom. The van der Waals surface area contributed by atoms with Crippen molar-refractivity contribution in [3.8, 4) is 0 Å². The van der Waals surface area contributed by atoms with Crippen molar-refractivity contribution in [1.29, 1.82) is 0 Å². The van der Waals surface area contributed by atoms with E-state index in [0.29, 0.717) is 42.4 Å². The quantitative estimate of drug-likeness (QED) is 0.762. The number of nitrogens with zero attached hydrogens (tertiary/aromatic N) is 2. The van der Waals surface area contributed by atoms with Gasteiger partial charge in [-0.05, 0) is 24.6 Å². The number of hydrogen-bond acceptors (Lipinski definition) is 4. The summed E-state index contributed by atoms with van der Waals surface area (Å²) in [5, 5.41) is 1.34. The molecule has 6 heteroatoms. The van der Waals surface area contributed by atoms with Crippen LogP contribution in [0.15, 0.2) is 30.5 Å². The Hall–Kier alpha value is -1.69. The van der Waals surface area contributed by atoms with Crippen LogP contribution < -0.4 is 0 Å². The number of amides is 1. The van der Waals surface area contributed by atoms with Crippen LogP contribution in [0.4, 0.5) is 0 Å². The molecule has 0 spiro atoms. The van der Waals surface area contributed by atoms with E-state index in [1.165, 1.54) is 0 Å². The van der Waals surface area contributed by atoms with E-state index in [2.05, 4.69) is 4.98 Å². The average molecular weight is 335 g/mol. The van der Waals surface area contributed by atoms with Crippen LogP contribution in [0.3, 0.4) is 0 Å². The van der Waals surface area contributed by atoms with Gasteiger partial charge in [-0.3, -0.25) is 9.78 Å². The van der Waals surface area contributed by atoms with E-state index < -0.39 is 0 Å². The zero-order valence-corrected chi connectivity index (χ0v) is 13.8. The summed E-state index contributed by atoms with van der Waals surface area (Å²) < 4.78 is 10.7. The van der Waals surface area contributed by atoms with Crippen LogP contribution in [0, 0.1) is 0 Å². The lowest BCUT2D eigenvalue weighted by molar-refractivity contribution is -0.0464. The highest BCUT2D eigenvalue weighted by Crippen LogP contribution is 2.27. The molecule has 1 aliphatic heterocycles. The number of ether oxygens (including phenoxy) is 2. The lowest BCUT2D eigenvalue weighted by Gasteiger charge is -2.39. The maximum Gasteiger partial charge on any atom is 0.254 e. The molecule has 2 aromatic rings. The number of rotatable bonds is 6. The van der Waals surface area contributed by atoms with Crippen molar-refractivity contribution in [2.24, 2.45) is 0 Å². The Balaban J connectivity index is 1.63. The number of carbonyl (C=O) groups excluding carboxylic acids is 1. The van der Waals surface area contributed by atoms with Gasteiger partial charge in [-0.1, -0.05) is 17.7 Å². The molecule has 1 aromatic carbocycles. The fraction of sp³-hybridized carbons (Fsp3) is 0.412. The molecule has 122 valence electrons. The molecule has 2 heterocycles. The number of likely N-dealkylation sites (tertiary alicyclic amines) is 1. The van der Waals surface area contributed by atoms with Crippen molar-refractivity contribution in [3.05, 3.63) is 41.0 Å². The molecule has 0 N–H and O–H groups in total. The SMILES string of the molecule is COCCCOC1CN(C(=O)c2ccc(Cl)c3ncccc23)C1. The minimum absolute atomic E-state index is 0.00333.